The first kappa shape index (κ1) is 14.5. The van der Waals surface area contributed by atoms with Crippen LogP contribution in [0, 0.1) is 0 Å². The second kappa shape index (κ2) is 5.89. The molecule has 5 heteroatoms. The third kappa shape index (κ3) is 3.75. The van der Waals surface area contributed by atoms with E-state index < -0.39 is 17.7 Å². The molecule has 0 aliphatic rings. The zero-order valence-corrected chi connectivity index (χ0v) is 10.3. The van der Waals surface area contributed by atoms with Gasteiger partial charge in [-0.15, -0.1) is 0 Å². The summed E-state index contributed by atoms with van der Waals surface area (Å²) < 4.78 is 42.7. The molecule has 0 amide bonds. The summed E-state index contributed by atoms with van der Waals surface area (Å²) in [5.41, 5.74) is 0.141. The van der Waals surface area contributed by atoms with Crippen molar-refractivity contribution in [3.63, 3.8) is 0 Å². The highest BCUT2D eigenvalue weighted by Gasteiger charge is 2.32. The van der Waals surface area contributed by atoms with Gasteiger partial charge < -0.3 is 4.74 Å². The largest absolute Gasteiger partial charge is 0.469 e. The summed E-state index contributed by atoms with van der Waals surface area (Å²) in [7, 11) is 1.25. The van der Waals surface area contributed by atoms with Crippen LogP contribution in [0.2, 0.25) is 0 Å². The zero-order chi connectivity index (χ0) is 13.8. The van der Waals surface area contributed by atoms with Crippen molar-refractivity contribution in [3.05, 3.63) is 34.9 Å². The molecule has 0 heterocycles. The lowest BCUT2D eigenvalue weighted by Crippen LogP contribution is -2.11. The van der Waals surface area contributed by atoms with Gasteiger partial charge in [0.1, 0.15) is 0 Å². The van der Waals surface area contributed by atoms with Gasteiger partial charge >= 0.3 is 12.1 Å². The Morgan fingerprint density at radius 3 is 2.50 bits per heavy atom. The van der Waals surface area contributed by atoms with Crippen molar-refractivity contribution in [2.45, 2.75) is 32.4 Å². The average molecular weight is 260 g/mol. The van der Waals surface area contributed by atoms with Crippen LogP contribution in [0.4, 0.5) is 13.2 Å². The number of benzene rings is 1. The molecule has 0 N–H and O–H groups in total. The molecule has 2 nitrogen and oxygen atoms in total. The molecule has 0 spiro atoms. The summed E-state index contributed by atoms with van der Waals surface area (Å²) in [5.74, 6) is -0.461. The standard InChI is InChI=1S/C13H15F3O2/c1-3-4-10-7-9(8-12(17)18-2)5-6-11(10)13(14,15)16/h5-7H,3-4,8H2,1-2H3. The van der Waals surface area contributed by atoms with E-state index in [9.17, 15) is 18.0 Å². The summed E-state index contributed by atoms with van der Waals surface area (Å²) in [5, 5.41) is 0. The van der Waals surface area contributed by atoms with E-state index in [0.717, 1.165) is 6.07 Å². The number of halogens is 3. The summed E-state index contributed by atoms with van der Waals surface area (Å²) in [6.45, 7) is 1.81. The van der Waals surface area contributed by atoms with E-state index in [0.29, 0.717) is 18.4 Å². The molecule has 18 heavy (non-hydrogen) atoms. The quantitative estimate of drug-likeness (QED) is 0.776. The lowest BCUT2D eigenvalue weighted by molar-refractivity contribution is -0.139. The number of alkyl halides is 3. The maximum Gasteiger partial charge on any atom is 0.416 e. The number of esters is 1. The van der Waals surface area contributed by atoms with Gasteiger partial charge in [0, 0.05) is 0 Å². The average Bonchev–Trinajstić information content (AvgIpc) is 2.28. The number of carbonyl (C=O) groups excluding carboxylic acids is 1. The number of methoxy groups -OCH3 is 1. The van der Waals surface area contributed by atoms with Crippen LogP contribution < -0.4 is 0 Å². The molecule has 1 aromatic carbocycles. The van der Waals surface area contributed by atoms with Gasteiger partial charge in [-0.2, -0.15) is 13.2 Å². The van der Waals surface area contributed by atoms with Crippen molar-refractivity contribution >= 4 is 5.97 Å². The molecule has 0 radical (unpaired) electrons. The van der Waals surface area contributed by atoms with E-state index in [1.807, 2.05) is 6.92 Å². The summed E-state index contributed by atoms with van der Waals surface area (Å²) >= 11 is 0. The van der Waals surface area contributed by atoms with E-state index in [1.54, 1.807) is 0 Å². The predicted octanol–water partition coefficient (Wildman–Crippen LogP) is 3.37. The van der Waals surface area contributed by atoms with Crippen LogP contribution in [0.5, 0.6) is 0 Å². The summed E-state index contributed by atoms with van der Waals surface area (Å²) in [4.78, 5) is 11.1. The number of hydrogen-bond acceptors (Lipinski definition) is 2. The molecule has 0 aliphatic heterocycles. The van der Waals surface area contributed by atoms with Gasteiger partial charge in [-0.25, -0.2) is 0 Å². The number of hydrogen-bond donors (Lipinski definition) is 0. The Hall–Kier alpha value is -1.52. The first-order chi connectivity index (χ1) is 8.38. The van der Waals surface area contributed by atoms with Crippen molar-refractivity contribution < 1.29 is 22.7 Å². The Kier molecular flexibility index (Phi) is 4.76. The lowest BCUT2D eigenvalue weighted by Gasteiger charge is -2.13. The fourth-order valence-corrected chi connectivity index (χ4v) is 1.75. The second-order valence-electron chi connectivity index (χ2n) is 3.99. The van der Waals surface area contributed by atoms with E-state index in [2.05, 4.69) is 4.74 Å². The molecule has 0 atom stereocenters. The molecule has 0 fully saturated rings. The molecule has 0 aliphatic carbocycles. The molecule has 0 saturated carbocycles. The van der Waals surface area contributed by atoms with Crippen LogP contribution in [0.25, 0.3) is 0 Å². The van der Waals surface area contributed by atoms with Crippen LogP contribution >= 0.6 is 0 Å². The molecule has 0 saturated heterocycles. The topological polar surface area (TPSA) is 26.3 Å². The van der Waals surface area contributed by atoms with Crippen LogP contribution in [-0.4, -0.2) is 13.1 Å². The zero-order valence-electron chi connectivity index (χ0n) is 10.3. The van der Waals surface area contributed by atoms with E-state index in [1.165, 1.54) is 19.2 Å². The minimum atomic E-state index is -4.35. The smallest absolute Gasteiger partial charge is 0.416 e. The highest BCUT2D eigenvalue weighted by atomic mass is 19.4. The molecule has 0 unspecified atom stereocenters. The third-order valence-electron chi connectivity index (χ3n) is 2.57. The summed E-state index contributed by atoms with van der Waals surface area (Å²) in [6.07, 6.45) is -3.41. The molecule has 1 aromatic rings. The van der Waals surface area contributed by atoms with Crippen LogP contribution in [0.1, 0.15) is 30.0 Å². The van der Waals surface area contributed by atoms with Crippen molar-refractivity contribution in [3.8, 4) is 0 Å². The van der Waals surface area contributed by atoms with Crippen molar-refractivity contribution in [1.82, 2.24) is 0 Å². The molecule has 1 rings (SSSR count). The van der Waals surface area contributed by atoms with Gasteiger partial charge in [-0.3, -0.25) is 4.79 Å². The Bertz CT molecular complexity index is 425. The maximum absolute atomic E-state index is 12.7. The van der Waals surface area contributed by atoms with Crippen molar-refractivity contribution in [1.29, 1.82) is 0 Å². The Labute approximate surface area is 104 Å². The van der Waals surface area contributed by atoms with E-state index >= 15 is 0 Å². The highest BCUT2D eigenvalue weighted by Crippen LogP contribution is 2.33. The molecular formula is C13H15F3O2. The highest BCUT2D eigenvalue weighted by molar-refractivity contribution is 5.72. The number of ether oxygens (including phenoxy) is 1. The van der Waals surface area contributed by atoms with Gasteiger partial charge in [0.25, 0.3) is 0 Å². The Balaban J connectivity index is 3.07. The minimum absolute atomic E-state index is 0.00858. The van der Waals surface area contributed by atoms with Gasteiger partial charge in [0.2, 0.25) is 0 Å². The van der Waals surface area contributed by atoms with Crippen LogP contribution in [-0.2, 0) is 28.5 Å². The molecule has 0 aromatic heterocycles. The molecule has 0 bridgehead atoms. The first-order valence-electron chi connectivity index (χ1n) is 5.64. The lowest BCUT2D eigenvalue weighted by atomic mass is 9.98. The van der Waals surface area contributed by atoms with Crippen LogP contribution in [0.3, 0.4) is 0 Å². The monoisotopic (exact) mass is 260 g/mol. The van der Waals surface area contributed by atoms with Gasteiger partial charge in [-0.1, -0.05) is 25.5 Å². The normalized spacial score (nSPS) is 11.4. The second-order valence-corrected chi connectivity index (χ2v) is 3.99. The van der Waals surface area contributed by atoms with Crippen LogP contribution in [0.15, 0.2) is 18.2 Å². The SMILES string of the molecule is CCCc1cc(CC(=O)OC)ccc1C(F)(F)F. The number of rotatable bonds is 4. The minimum Gasteiger partial charge on any atom is -0.469 e. The predicted molar refractivity (Wildman–Crippen MR) is 61.2 cm³/mol. The van der Waals surface area contributed by atoms with Gasteiger partial charge in [0.15, 0.2) is 0 Å². The first-order valence-corrected chi connectivity index (χ1v) is 5.64. The summed E-state index contributed by atoms with van der Waals surface area (Å²) in [6, 6.07) is 3.78. The Morgan fingerprint density at radius 1 is 1.33 bits per heavy atom. The third-order valence-corrected chi connectivity index (χ3v) is 2.57. The molecule has 100 valence electrons. The number of carbonyl (C=O) groups is 1. The van der Waals surface area contributed by atoms with E-state index in [-0.39, 0.29) is 12.0 Å². The van der Waals surface area contributed by atoms with Gasteiger partial charge in [0.05, 0.1) is 19.1 Å². The number of aryl methyl sites for hydroxylation is 1. The molecular weight excluding hydrogens is 245 g/mol. The van der Waals surface area contributed by atoms with Crippen molar-refractivity contribution in [2.24, 2.45) is 0 Å². The van der Waals surface area contributed by atoms with Gasteiger partial charge in [-0.05, 0) is 23.6 Å². The Morgan fingerprint density at radius 2 is 2.00 bits per heavy atom. The van der Waals surface area contributed by atoms with Crippen molar-refractivity contribution in [2.75, 3.05) is 7.11 Å². The van der Waals surface area contributed by atoms with E-state index in [4.69, 9.17) is 0 Å². The fraction of sp³-hybridized carbons (Fsp3) is 0.462. The fourth-order valence-electron chi connectivity index (χ4n) is 1.75. The maximum atomic E-state index is 12.7.